The van der Waals surface area contributed by atoms with Crippen molar-refractivity contribution in [3.05, 3.63) is 0 Å². The summed E-state index contributed by atoms with van der Waals surface area (Å²) >= 11 is 0. The average molecular weight is 244 g/mol. The number of hydrogen-bond acceptors (Lipinski definition) is 4. The normalized spacial score (nSPS) is 24.6. The lowest BCUT2D eigenvalue weighted by atomic mass is 9.93. The van der Waals surface area contributed by atoms with E-state index >= 15 is 0 Å². The first-order valence-corrected chi connectivity index (χ1v) is 5.64. The molecule has 1 aliphatic rings. The van der Waals surface area contributed by atoms with Gasteiger partial charge in [-0.05, 0) is 20.9 Å². The molecule has 0 aliphatic carbocycles. The molecular weight excluding hydrogens is 224 g/mol. The second kappa shape index (κ2) is 5.46. The molecular formula is C11H20N2O4. The van der Waals surface area contributed by atoms with Gasteiger partial charge >= 0.3 is 5.97 Å². The monoisotopic (exact) mass is 244 g/mol. The zero-order valence-electron chi connectivity index (χ0n) is 10.4. The number of carboxylic acids is 1. The summed E-state index contributed by atoms with van der Waals surface area (Å²) in [7, 11) is 1.78. The maximum absolute atomic E-state index is 11.9. The first-order valence-electron chi connectivity index (χ1n) is 5.64. The van der Waals surface area contributed by atoms with E-state index in [1.54, 1.807) is 20.9 Å². The van der Waals surface area contributed by atoms with Crippen LogP contribution < -0.4 is 10.6 Å². The summed E-state index contributed by atoms with van der Waals surface area (Å²) < 4.78 is 5.22. The molecule has 1 heterocycles. The number of carboxylic acid groups (broad SMARTS) is 1. The highest BCUT2D eigenvalue weighted by atomic mass is 16.5. The number of ether oxygens (including phenoxy) is 1. The molecule has 1 amide bonds. The number of carbonyl (C=O) groups is 2. The van der Waals surface area contributed by atoms with Crippen molar-refractivity contribution >= 4 is 11.9 Å². The maximum atomic E-state index is 11.9. The number of amides is 1. The van der Waals surface area contributed by atoms with Crippen LogP contribution >= 0.6 is 0 Å². The zero-order chi connectivity index (χ0) is 13.1. The topological polar surface area (TPSA) is 87.7 Å². The Morgan fingerprint density at radius 3 is 2.59 bits per heavy atom. The van der Waals surface area contributed by atoms with Crippen molar-refractivity contribution in [2.45, 2.75) is 19.9 Å². The van der Waals surface area contributed by atoms with Crippen LogP contribution in [0.1, 0.15) is 13.8 Å². The zero-order valence-corrected chi connectivity index (χ0v) is 10.4. The van der Waals surface area contributed by atoms with Crippen LogP contribution in [0.25, 0.3) is 0 Å². The Morgan fingerprint density at radius 1 is 1.41 bits per heavy atom. The van der Waals surface area contributed by atoms with Crippen LogP contribution in [-0.2, 0) is 14.3 Å². The van der Waals surface area contributed by atoms with Gasteiger partial charge in [-0.1, -0.05) is 0 Å². The molecule has 17 heavy (non-hydrogen) atoms. The second-order valence-electron chi connectivity index (χ2n) is 4.95. The van der Waals surface area contributed by atoms with E-state index in [-0.39, 0.29) is 24.4 Å². The third-order valence-corrected chi connectivity index (χ3v) is 3.07. The molecule has 1 rings (SSSR count). The molecule has 3 N–H and O–H groups in total. The average Bonchev–Trinajstić information content (AvgIpc) is 2.73. The van der Waals surface area contributed by atoms with Gasteiger partial charge in [-0.3, -0.25) is 9.59 Å². The Bertz CT molecular complexity index is 304. The summed E-state index contributed by atoms with van der Waals surface area (Å²) in [6, 6.07) is 0.00272. The second-order valence-corrected chi connectivity index (χ2v) is 4.95. The fraction of sp³-hybridized carbons (Fsp3) is 0.818. The highest BCUT2D eigenvalue weighted by Crippen LogP contribution is 2.16. The molecule has 0 aromatic heterocycles. The minimum absolute atomic E-state index is 0.00272. The molecule has 2 atom stereocenters. The lowest BCUT2D eigenvalue weighted by Crippen LogP contribution is -2.46. The van der Waals surface area contributed by atoms with E-state index < -0.39 is 11.4 Å². The Hall–Kier alpha value is -1.14. The fourth-order valence-electron chi connectivity index (χ4n) is 1.61. The number of likely N-dealkylation sites (N-methyl/N-ethyl adjacent to an activating group) is 1. The number of rotatable bonds is 5. The van der Waals surface area contributed by atoms with E-state index in [1.807, 2.05) is 0 Å². The Morgan fingerprint density at radius 2 is 2.06 bits per heavy atom. The number of carbonyl (C=O) groups excluding carboxylic acids is 1. The molecule has 98 valence electrons. The van der Waals surface area contributed by atoms with Crippen molar-refractivity contribution in [2.24, 2.45) is 11.3 Å². The van der Waals surface area contributed by atoms with Crippen LogP contribution in [0.15, 0.2) is 0 Å². The van der Waals surface area contributed by atoms with Crippen molar-refractivity contribution in [1.29, 1.82) is 0 Å². The van der Waals surface area contributed by atoms with Crippen LogP contribution in [-0.4, -0.2) is 49.8 Å². The molecule has 0 saturated carbocycles. The quantitative estimate of drug-likeness (QED) is 0.604. The van der Waals surface area contributed by atoms with Crippen LogP contribution in [0, 0.1) is 11.3 Å². The van der Waals surface area contributed by atoms with Crippen molar-refractivity contribution in [3.63, 3.8) is 0 Å². The molecule has 0 aromatic carbocycles. The van der Waals surface area contributed by atoms with E-state index in [9.17, 15) is 9.59 Å². The maximum Gasteiger partial charge on any atom is 0.310 e. The lowest BCUT2D eigenvalue weighted by Gasteiger charge is -2.22. The van der Waals surface area contributed by atoms with Gasteiger partial charge in [0.05, 0.1) is 24.5 Å². The largest absolute Gasteiger partial charge is 0.481 e. The molecule has 6 heteroatoms. The van der Waals surface area contributed by atoms with Gasteiger partial charge in [0.25, 0.3) is 0 Å². The third kappa shape index (κ3) is 3.41. The summed E-state index contributed by atoms with van der Waals surface area (Å²) in [5.41, 5.74) is -0.954. The summed E-state index contributed by atoms with van der Waals surface area (Å²) in [6.07, 6.45) is 0. The molecule has 0 bridgehead atoms. The summed E-state index contributed by atoms with van der Waals surface area (Å²) in [4.78, 5) is 22.7. The van der Waals surface area contributed by atoms with Crippen LogP contribution in [0.4, 0.5) is 0 Å². The van der Waals surface area contributed by atoms with Gasteiger partial charge in [-0.25, -0.2) is 0 Å². The Labute approximate surface area is 101 Å². The standard InChI is InChI=1S/C11H20N2O4/c1-11(2,10(15)16)6-13-9(14)7-4-17-5-8(7)12-3/h7-8,12H,4-6H2,1-3H3,(H,13,14)(H,15,16). The van der Waals surface area contributed by atoms with Crippen molar-refractivity contribution in [2.75, 3.05) is 26.8 Å². The van der Waals surface area contributed by atoms with Crippen molar-refractivity contribution in [3.8, 4) is 0 Å². The Kier molecular flexibility index (Phi) is 4.47. The molecule has 6 nitrogen and oxygen atoms in total. The molecule has 2 unspecified atom stereocenters. The number of aliphatic carboxylic acids is 1. The Balaban J connectivity index is 2.47. The fourth-order valence-corrected chi connectivity index (χ4v) is 1.61. The lowest BCUT2D eigenvalue weighted by molar-refractivity contribution is -0.146. The van der Waals surface area contributed by atoms with E-state index in [4.69, 9.17) is 9.84 Å². The van der Waals surface area contributed by atoms with Gasteiger partial charge in [-0.2, -0.15) is 0 Å². The van der Waals surface area contributed by atoms with Crippen molar-refractivity contribution < 1.29 is 19.4 Å². The van der Waals surface area contributed by atoms with E-state index in [0.717, 1.165) is 0 Å². The van der Waals surface area contributed by atoms with Gasteiger partial charge < -0.3 is 20.5 Å². The first kappa shape index (κ1) is 13.9. The molecule has 1 saturated heterocycles. The van der Waals surface area contributed by atoms with Crippen LogP contribution in [0.3, 0.4) is 0 Å². The van der Waals surface area contributed by atoms with Crippen LogP contribution in [0.2, 0.25) is 0 Å². The van der Waals surface area contributed by atoms with Gasteiger partial charge in [-0.15, -0.1) is 0 Å². The minimum atomic E-state index is -0.954. The van der Waals surface area contributed by atoms with Crippen LogP contribution in [0.5, 0.6) is 0 Å². The third-order valence-electron chi connectivity index (χ3n) is 3.07. The minimum Gasteiger partial charge on any atom is -0.481 e. The molecule has 1 fully saturated rings. The SMILES string of the molecule is CNC1COCC1C(=O)NCC(C)(C)C(=O)O. The predicted molar refractivity (Wildman–Crippen MR) is 61.6 cm³/mol. The number of nitrogens with one attached hydrogen (secondary N) is 2. The first-order chi connectivity index (χ1) is 7.88. The predicted octanol–water partition coefficient (Wildman–Crippen LogP) is -0.552. The summed E-state index contributed by atoms with van der Waals surface area (Å²) in [6.45, 7) is 4.17. The molecule has 1 aliphatic heterocycles. The summed E-state index contributed by atoms with van der Waals surface area (Å²) in [5, 5.41) is 14.6. The molecule has 0 radical (unpaired) electrons. The summed E-state index contributed by atoms with van der Waals surface area (Å²) in [5.74, 6) is -1.33. The van der Waals surface area contributed by atoms with E-state index in [2.05, 4.69) is 10.6 Å². The highest BCUT2D eigenvalue weighted by Gasteiger charge is 2.34. The van der Waals surface area contributed by atoms with Gasteiger partial charge in [0.1, 0.15) is 0 Å². The number of hydrogen-bond donors (Lipinski definition) is 3. The van der Waals surface area contributed by atoms with Crippen molar-refractivity contribution in [1.82, 2.24) is 10.6 Å². The van der Waals surface area contributed by atoms with E-state index in [1.165, 1.54) is 0 Å². The van der Waals surface area contributed by atoms with Gasteiger partial charge in [0, 0.05) is 12.6 Å². The molecule has 0 spiro atoms. The highest BCUT2D eigenvalue weighted by molar-refractivity contribution is 5.81. The van der Waals surface area contributed by atoms with Gasteiger partial charge in [0.15, 0.2) is 0 Å². The van der Waals surface area contributed by atoms with Gasteiger partial charge in [0.2, 0.25) is 5.91 Å². The molecule has 0 aromatic rings. The smallest absolute Gasteiger partial charge is 0.310 e. The van der Waals surface area contributed by atoms with E-state index in [0.29, 0.717) is 13.2 Å².